The third-order valence-corrected chi connectivity index (χ3v) is 3.97. The molecule has 2 saturated heterocycles. The Hall–Kier alpha value is -0.910. The Morgan fingerprint density at radius 1 is 1.53 bits per heavy atom. The zero-order chi connectivity index (χ0) is 13.2. The number of aryl methyl sites for hydroxylation is 1. The predicted molar refractivity (Wildman–Crippen MR) is 74.6 cm³/mol. The Kier molecular flexibility index (Phi) is 3.86. The standard InChI is InChI=1S/C13H19ClN4O/c1-9-16-12(14)5-13(17-9)15-6-11-7-18-4-2-3-10(18)8-19-11/h5,10-11H,2-4,6-8H2,1H3,(H,15,16,17). The van der Waals surface area contributed by atoms with Gasteiger partial charge in [-0.25, -0.2) is 9.97 Å². The van der Waals surface area contributed by atoms with E-state index in [0.717, 1.165) is 25.5 Å². The number of hydrogen-bond acceptors (Lipinski definition) is 5. The van der Waals surface area contributed by atoms with Crippen molar-refractivity contribution in [3.05, 3.63) is 17.0 Å². The fourth-order valence-electron chi connectivity index (χ4n) is 2.85. The molecule has 19 heavy (non-hydrogen) atoms. The van der Waals surface area contributed by atoms with Crippen LogP contribution in [-0.4, -0.2) is 53.3 Å². The molecule has 3 heterocycles. The molecule has 1 aromatic rings. The minimum atomic E-state index is 0.225. The van der Waals surface area contributed by atoms with Crippen LogP contribution in [0.4, 0.5) is 5.82 Å². The highest BCUT2D eigenvalue weighted by Crippen LogP contribution is 2.22. The number of aromatic nitrogens is 2. The van der Waals surface area contributed by atoms with Crippen molar-refractivity contribution < 1.29 is 4.74 Å². The van der Waals surface area contributed by atoms with Crippen LogP contribution in [0.5, 0.6) is 0 Å². The average molecular weight is 283 g/mol. The molecule has 3 rings (SSSR count). The van der Waals surface area contributed by atoms with Gasteiger partial charge in [-0.1, -0.05) is 11.6 Å². The number of nitrogens with one attached hydrogen (secondary N) is 1. The molecule has 104 valence electrons. The summed E-state index contributed by atoms with van der Waals surface area (Å²) < 4.78 is 5.89. The maximum absolute atomic E-state index is 5.91. The van der Waals surface area contributed by atoms with Crippen LogP contribution in [0.1, 0.15) is 18.7 Å². The van der Waals surface area contributed by atoms with Gasteiger partial charge in [-0.3, -0.25) is 4.90 Å². The van der Waals surface area contributed by atoms with Crippen LogP contribution in [0.15, 0.2) is 6.07 Å². The van der Waals surface area contributed by atoms with Gasteiger partial charge in [0.2, 0.25) is 0 Å². The van der Waals surface area contributed by atoms with Gasteiger partial charge in [0.05, 0.1) is 12.7 Å². The Bertz CT molecular complexity index is 436. The molecule has 0 amide bonds. The van der Waals surface area contributed by atoms with E-state index in [1.807, 2.05) is 6.92 Å². The van der Waals surface area contributed by atoms with Crippen LogP contribution >= 0.6 is 11.6 Å². The van der Waals surface area contributed by atoms with Crippen molar-refractivity contribution in [2.24, 2.45) is 0 Å². The van der Waals surface area contributed by atoms with Crippen molar-refractivity contribution in [3.63, 3.8) is 0 Å². The summed E-state index contributed by atoms with van der Waals surface area (Å²) in [4.78, 5) is 10.9. The summed E-state index contributed by atoms with van der Waals surface area (Å²) in [6, 6.07) is 2.39. The van der Waals surface area contributed by atoms with Crippen molar-refractivity contribution in [1.29, 1.82) is 0 Å². The molecule has 0 radical (unpaired) electrons. The monoisotopic (exact) mass is 282 g/mol. The lowest BCUT2D eigenvalue weighted by molar-refractivity contribution is -0.0416. The molecule has 0 saturated carbocycles. The molecule has 6 heteroatoms. The third-order valence-electron chi connectivity index (χ3n) is 3.78. The van der Waals surface area contributed by atoms with Gasteiger partial charge in [-0.05, 0) is 26.3 Å². The molecule has 0 aromatic carbocycles. The molecular formula is C13H19ClN4O. The Morgan fingerprint density at radius 3 is 3.26 bits per heavy atom. The first kappa shape index (κ1) is 13.1. The van der Waals surface area contributed by atoms with Gasteiger partial charge in [-0.15, -0.1) is 0 Å². The summed E-state index contributed by atoms with van der Waals surface area (Å²) in [6.45, 7) is 5.67. The minimum Gasteiger partial charge on any atom is -0.373 e. The van der Waals surface area contributed by atoms with Crippen molar-refractivity contribution >= 4 is 17.4 Å². The quantitative estimate of drug-likeness (QED) is 0.856. The first-order chi connectivity index (χ1) is 9.20. The highest BCUT2D eigenvalue weighted by atomic mass is 35.5. The highest BCUT2D eigenvalue weighted by Gasteiger charge is 2.31. The Morgan fingerprint density at radius 2 is 2.42 bits per heavy atom. The zero-order valence-corrected chi connectivity index (χ0v) is 11.9. The number of ether oxygens (including phenoxy) is 1. The first-order valence-electron chi connectivity index (χ1n) is 6.81. The van der Waals surface area contributed by atoms with E-state index in [9.17, 15) is 0 Å². The van der Waals surface area contributed by atoms with E-state index in [2.05, 4.69) is 20.2 Å². The maximum Gasteiger partial charge on any atom is 0.134 e. The fraction of sp³-hybridized carbons (Fsp3) is 0.692. The van der Waals surface area contributed by atoms with Crippen LogP contribution in [0.25, 0.3) is 0 Å². The molecule has 2 fully saturated rings. The smallest absolute Gasteiger partial charge is 0.134 e. The van der Waals surface area contributed by atoms with Gasteiger partial charge in [0, 0.05) is 25.2 Å². The molecule has 0 spiro atoms. The summed E-state index contributed by atoms with van der Waals surface area (Å²) in [6.07, 6.45) is 2.80. The molecule has 2 atom stereocenters. The fourth-order valence-corrected chi connectivity index (χ4v) is 3.08. The van der Waals surface area contributed by atoms with Gasteiger partial charge in [-0.2, -0.15) is 0 Å². The second-order valence-electron chi connectivity index (χ2n) is 5.25. The van der Waals surface area contributed by atoms with Gasteiger partial charge in [0.1, 0.15) is 16.8 Å². The molecule has 2 unspecified atom stereocenters. The molecule has 5 nitrogen and oxygen atoms in total. The average Bonchev–Trinajstić information content (AvgIpc) is 2.82. The number of nitrogens with zero attached hydrogens (tertiary/aromatic N) is 3. The van der Waals surface area contributed by atoms with E-state index in [-0.39, 0.29) is 6.10 Å². The topological polar surface area (TPSA) is 50.3 Å². The van der Waals surface area contributed by atoms with E-state index in [0.29, 0.717) is 17.0 Å². The minimum absolute atomic E-state index is 0.225. The van der Waals surface area contributed by atoms with Crippen LogP contribution < -0.4 is 5.32 Å². The van der Waals surface area contributed by atoms with Crippen LogP contribution in [0, 0.1) is 6.92 Å². The Labute approximate surface area is 118 Å². The first-order valence-corrected chi connectivity index (χ1v) is 7.19. The summed E-state index contributed by atoms with van der Waals surface area (Å²) in [7, 11) is 0. The molecule has 2 aliphatic rings. The van der Waals surface area contributed by atoms with Gasteiger partial charge in [0.15, 0.2) is 0 Å². The number of morpholine rings is 1. The van der Waals surface area contributed by atoms with Gasteiger partial charge >= 0.3 is 0 Å². The number of halogens is 1. The summed E-state index contributed by atoms with van der Waals surface area (Å²) in [5.74, 6) is 1.45. The van der Waals surface area contributed by atoms with Crippen molar-refractivity contribution in [2.45, 2.75) is 31.9 Å². The van der Waals surface area contributed by atoms with E-state index < -0.39 is 0 Å². The predicted octanol–water partition coefficient (Wildman–Crippen LogP) is 1.71. The number of rotatable bonds is 3. The van der Waals surface area contributed by atoms with E-state index in [4.69, 9.17) is 16.3 Å². The lowest BCUT2D eigenvalue weighted by Crippen LogP contribution is -2.48. The normalized spacial score (nSPS) is 27.3. The number of anilines is 1. The van der Waals surface area contributed by atoms with Crippen molar-refractivity contribution in [3.8, 4) is 0 Å². The molecule has 1 aromatic heterocycles. The van der Waals surface area contributed by atoms with E-state index in [1.165, 1.54) is 19.4 Å². The molecule has 2 aliphatic heterocycles. The summed E-state index contributed by atoms with van der Waals surface area (Å²) >= 11 is 5.91. The molecular weight excluding hydrogens is 264 g/mol. The SMILES string of the molecule is Cc1nc(Cl)cc(NCC2CN3CCCC3CO2)n1. The van der Waals surface area contributed by atoms with E-state index in [1.54, 1.807) is 6.07 Å². The molecule has 0 aliphatic carbocycles. The van der Waals surface area contributed by atoms with Crippen LogP contribution in [0.2, 0.25) is 5.15 Å². The summed E-state index contributed by atoms with van der Waals surface area (Å²) in [5, 5.41) is 3.76. The zero-order valence-electron chi connectivity index (χ0n) is 11.1. The number of hydrogen-bond donors (Lipinski definition) is 1. The second kappa shape index (κ2) is 5.61. The molecule has 0 bridgehead atoms. The highest BCUT2D eigenvalue weighted by molar-refractivity contribution is 6.29. The van der Waals surface area contributed by atoms with E-state index >= 15 is 0 Å². The Balaban J connectivity index is 1.54. The largest absolute Gasteiger partial charge is 0.373 e. The maximum atomic E-state index is 5.91. The van der Waals surface area contributed by atoms with Crippen molar-refractivity contribution in [1.82, 2.24) is 14.9 Å². The third kappa shape index (κ3) is 3.16. The number of fused-ring (bicyclic) bond motifs is 1. The van der Waals surface area contributed by atoms with Crippen molar-refractivity contribution in [2.75, 3.05) is 31.6 Å². The van der Waals surface area contributed by atoms with Crippen LogP contribution in [-0.2, 0) is 4.74 Å². The lowest BCUT2D eigenvalue weighted by Gasteiger charge is -2.35. The molecule has 1 N–H and O–H groups in total. The van der Waals surface area contributed by atoms with Gasteiger partial charge in [0.25, 0.3) is 0 Å². The van der Waals surface area contributed by atoms with Crippen LogP contribution in [0.3, 0.4) is 0 Å². The summed E-state index contributed by atoms with van der Waals surface area (Å²) in [5.41, 5.74) is 0. The second-order valence-corrected chi connectivity index (χ2v) is 5.64. The lowest BCUT2D eigenvalue weighted by atomic mass is 10.2. The van der Waals surface area contributed by atoms with Gasteiger partial charge < -0.3 is 10.1 Å².